The molecule has 0 aliphatic heterocycles. The minimum absolute atomic E-state index is 0.250. The summed E-state index contributed by atoms with van der Waals surface area (Å²) in [4.78, 5) is 8.36. The molecule has 2 aromatic rings. The minimum atomic E-state index is -0.250. The molecule has 3 rings (SSSR count). The van der Waals surface area contributed by atoms with Crippen molar-refractivity contribution in [3.05, 3.63) is 59.7 Å². The maximum atomic E-state index is 8.36. The van der Waals surface area contributed by atoms with E-state index >= 15 is 0 Å². The van der Waals surface area contributed by atoms with Crippen molar-refractivity contribution in [2.75, 3.05) is 19.6 Å². The summed E-state index contributed by atoms with van der Waals surface area (Å²) >= 11 is 0. The summed E-state index contributed by atoms with van der Waals surface area (Å²) in [6, 6.07) is 17.4. The van der Waals surface area contributed by atoms with E-state index < -0.39 is 0 Å². The van der Waals surface area contributed by atoms with Crippen LogP contribution < -0.4 is 11.1 Å². The molecule has 2 aromatic carbocycles. The van der Waals surface area contributed by atoms with Crippen molar-refractivity contribution in [1.29, 1.82) is 0 Å². The van der Waals surface area contributed by atoms with Crippen molar-refractivity contribution in [1.82, 2.24) is 5.32 Å². The molecule has 0 saturated heterocycles. The summed E-state index contributed by atoms with van der Waals surface area (Å²) in [6.45, 7) is 14.3. The zero-order valence-corrected chi connectivity index (χ0v) is 17.8. The molecule has 4 N–H and O–H groups in total. The Bertz CT molecular complexity index is 555. The van der Waals surface area contributed by atoms with Gasteiger partial charge in [0.15, 0.2) is 0 Å². The normalized spacial score (nSPS) is 10.0. The quantitative estimate of drug-likeness (QED) is 0.512. The van der Waals surface area contributed by atoms with E-state index in [1.54, 1.807) is 0 Å². The van der Waals surface area contributed by atoms with Crippen LogP contribution in [0.3, 0.4) is 0 Å². The van der Waals surface area contributed by atoms with Gasteiger partial charge in [0.1, 0.15) is 0 Å². The Labute approximate surface area is 165 Å². The second kappa shape index (κ2) is 18.6. The average Bonchev–Trinajstić information content (AvgIpc) is 3.07. The summed E-state index contributed by atoms with van der Waals surface area (Å²) in [5.41, 5.74) is 11.2. The van der Waals surface area contributed by atoms with Crippen LogP contribution in [-0.4, -0.2) is 31.2 Å². The van der Waals surface area contributed by atoms with Crippen molar-refractivity contribution in [3.8, 4) is 11.1 Å². The van der Waals surface area contributed by atoms with E-state index in [4.69, 9.17) is 15.6 Å². The van der Waals surface area contributed by atoms with Gasteiger partial charge in [-0.1, -0.05) is 90.1 Å². The zero-order chi connectivity index (χ0) is 21.1. The molecule has 1 aliphatic rings. The van der Waals surface area contributed by atoms with Gasteiger partial charge in [-0.25, -0.2) is 0 Å². The molecule has 0 atom stereocenters. The molecule has 4 nitrogen and oxygen atoms in total. The molecular formula is C23H38N2O2. The lowest BCUT2D eigenvalue weighted by Crippen LogP contribution is -2.26. The lowest BCUT2D eigenvalue weighted by molar-refractivity contribution is -0.122. The Morgan fingerprint density at radius 3 is 1.63 bits per heavy atom. The van der Waals surface area contributed by atoms with Crippen LogP contribution in [-0.2, 0) is 4.79 Å². The first-order valence-electron chi connectivity index (χ1n) is 10.00. The van der Waals surface area contributed by atoms with Crippen LogP contribution in [0.25, 0.3) is 11.1 Å². The monoisotopic (exact) mass is 374 g/mol. The third-order valence-electron chi connectivity index (χ3n) is 3.63. The first kappa shape index (κ1) is 27.1. The molecule has 0 spiro atoms. The lowest BCUT2D eigenvalue weighted by atomic mass is 9.97. The van der Waals surface area contributed by atoms with Gasteiger partial charge >= 0.3 is 0 Å². The Morgan fingerprint density at radius 1 is 0.889 bits per heavy atom. The zero-order valence-electron chi connectivity index (χ0n) is 17.8. The van der Waals surface area contributed by atoms with Gasteiger partial charge in [-0.2, -0.15) is 0 Å². The standard InChI is InChI=1S/C16H18N2.3C2H6.CH2O2/c17-9-10-18-11-16-14-7-3-1-5-12(14)13-6-2-4-8-15(13)16;3*1-2;2-1-3/h1-8,16,18H,9-11,17H2;3*1-2H3;1H,(H,2,3). The van der Waals surface area contributed by atoms with Gasteiger partial charge in [-0.05, 0) is 22.3 Å². The fourth-order valence-electron chi connectivity index (χ4n) is 2.83. The van der Waals surface area contributed by atoms with Crippen molar-refractivity contribution < 1.29 is 9.90 Å². The highest BCUT2D eigenvalue weighted by Gasteiger charge is 2.27. The van der Waals surface area contributed by atoms with E-state index in [2.05, 4.69) is 53.8 Å². The number of nitrogens with one attached hydrogen (secondary N) is 1. The van der Waals surface area contributed by atoms with E-state index in [0.717, 1.165) is 13.1 Å². The smallest absolute Gasteiger partial charge is 0.290 e. The van der Waals surface area contributed by atoms with Gasteiger partial charge in [0.2, 0.25) is 0 Å². The molecule has 27 heavy (non-hydrogen) atoms. The summed E-state index contributed by atoms with van der Waals surface area (Å²) in [5.74, 6) is 0.462. The molecule has 0 aromatic heterocycles. The van der Waals surface area contributed by atoms with Crippen molar-refractivity contribution in [2.45, 2.75) is 47.5 Å². The van der Waals surface area contributed by atoms with Crippen molar-refractivity contribution in [3.63, 3.8) is 0 Å². The molecule has 0 bridgehead atoms. The van der Waals surface area contributed by atoms with Gasteiger partial charge in [-0.15, -0.1) is 0 Å². The molecule has 0 radical (unpaired) electrons. The van der Waals surface area contributed by atoms with Gasteiger partial charge in [0.25, 0.3) is 6.47 Å². The summed E-state index contributed by atoms with van der Waals surface area (Å²) in [6.07, 6.45) is 0. The van der Waals surface area contributed by atoms with Crippen LogP contribution in [0.15, 0.2) is 48.5 Å². The summed E-state index contributed by atoms with van der Waals surface area (Å²) < 4.78 is 0. The summed E-state index contributed by atoms with van der Waals surface area (Å²) in [5, 5.41) is 10.3. The molecule has 0 saturated carbocycles. The number of nitrogens with two attached hydrogens (primary N) is 1. The fraction of sp³-hybridized carbons (Fsp3) is 0.435. The molecule has 0 amide bonds. The first-order valence-corrected chi connectivity index (χ1v) is 10.00. The van der Waals surface area contributed by atoms with Crippen molar-refractivity contribution >= 4 is 6.47 Å². The number of benzene rings is 2. The van der Waals surface area contributed by atoms with Crippen molar-refractivity contribution in [2.24, 2.45) is 5.73 Å². The first-order chi connectivity index (χ1) is 13.3. The molecule has 1 aliphatic carbocycles. The predicted molar refractivity (Wildman–Crippen MR) is 118 cm³/mol. The molecule has 0 heterocycles. The Balaban J connectivity index is 0. The highest BCUT2D eigenvalue weighted by molar-refractivity contribution is 5.78. The maximum Gasteiger partial charge on any atom is 0.290 e. The highest BCUT2D eigenvalue weighted by atomic mass is 16.3. The van der Waals surface area contributed by atoms with E-state index in [1.165, 1.54) is 22.3 Å². The second-order valence-electron chi connectivity index (χ2n) is 4.83. The van der Waals surface area contributed by atoms with Crippen LogP contribution >= 0.6 is 0 Å². The second-order valence-corrected chi connectivity index (χ2v) is 4.83. The summed E-state index contributed by atoms with van der Waals surface area (Å²) in [7, 11) is 0. The minimum Gasteiger partial charge on any atom is -0.483 e. The maximum absolute atomic E-state index is 8.36. The van der Waals surface area contributed by atoms with Gasteiger partial charge in [0.05, 0.1) is 0 Å². The molecule has 0 fully saturated rings. The third-order valence-corrected chi connectivity index (χ3v) is 3.63. The van der Waals surface area contributed by atoms with E-state index in [-0.39, 0.29) is 6.47 Å². The number of hydrogen-bond donors (Lipinski definition) is 3. The molecule has 0 unspecified atom stereocenters. The SMILES string of the molecule is CC.CC.CC.NCCNCC1c2ccccc2-c2ccccc21.O=CO. The van der Waals surface area contributed by atoms with Crippen LogP contribution in [0.2, 0.25) is 0 Å². The van der Waals surface area contributed by atoms with Crippen LogP contribution in [0.4, 0.5) is 0 Å². The average molecular weight is 375 g/mol. The number of rotatable bonds is 4. The Kier molecular flexibility index (Phi) is 18.7. The number of carboxylic acid groups (broad SMARTS) is 1. The molecule has 152 valence electrons. The lowest BCUT2D eigenvalue weighted by Gasteiger charge is -2.14. The highest BCUT2D eigenvalue weighted by Crippen LogP contribution is 2.43. The van der Waals surface area contributed by atoms with Crippen LogP contribution in [0.5, 0.6) is 0 Å². The van der Waals surface area contributed by atoms with E-state index in [9.17, 15) is 0 Å². The largest absolute Gasteiger partial charge is 0.483 e. The molecule has 4 heteroatoms. The number of hydrogen-bond acceptors (Lipinski definition) is 3. The van der Waals surface area contributed by atoms with Gasteiger partial charge in [0, 0.05) is 25.6 Å². The van der Waals surface area contributed by atoms with Gasteiger partial charge < -0.3 is 16.2 Å². The van der Waals surface area contributed by atoms with E-state index in [0.29, 0.717) is 12.5 Å². The Morgan fingerprint density at radius 2 is 1.26 bits per heavy atom. The molecular weight excluding hydrogens is 336 g/mol. The van der Waals surface area contributed by atoms with Crippen LogP contribution in [0, 0.1) is 0 Å². The number of fused-ring (bicyclic) bond motifs is 3. The van der Waals surface area contributed by atoms with Gasteiger partial charge in [-0.3, -0.25) is 4.79 Å². The third kappa shape index (κ3) is 8.37. The number of carbonyl (C=O) groups is 1. The predicted octanol–water partition coefficient (Wildman–Crippen LogP) is 5.13. The Hall–Kier alpha value is -2.17. The topological polar surface area (TPSA) is 75.3 Å². The van der Waals surface area contributed by atoms with Crippen LogP contribution in [0.1, 0.15) is 58.6 Å². The fourth-order valence-corrected chi connectivity index (χ4v) is 2.83. The van der Waals surface area contributed by atoms with E-state index in [1.807, 2.05) is 41.5 Å².